The quantitative estimate of drug-likeness (QED) is 0.614. The zero-order chi connectivity index (χ0) is 21.3. The van der Waals surface area contributed by atoms with Gasteiger partial charge in [0.25, 0.3) is 0 Å². The molecule has 1 N–H and O–H groups in total. The van der Waals surface area contributed by atoms with Crippen LogP contribution in [0.2, 0.25) is 0 Å². The van der Waals surface area contributed by atoms with Crippen LogP contribution in [0.15, 0.2) is 54.6 Å². The van der Waals surface area contributed by atoms with Gasteiger partial charge in [0, 0.05) is 17.6 Å². The molecule has 156 valence electrons. The number of nitrogens with one attached hydrogen (secondary N) is 1. The van der Waals surface area contributed by atoms with E-state index in [0.717, 1.165) is 35.6 Å². The van der Waals surface area contributed by atoms with E-state index in [4.69, 9.17) is 0 Å². The topological polar surface area (TPSA) is 50.2 Å². The fourth-order valence-electron chi connectivity index (χ4n) is 3.97. The SMILES string of the molecule is Cc1nn(-c2ccccc2)c(C)c1NC(=O)CN(C1CC1)C(C)c1ccccc1F. The molecule has 0 aliphatic heterocycles. The van der Waals surface area contributed by atoms with Crippen LogP contribution in [0.25, 0.3) is 5.69 Å². The van der Waals surface area contributed by atoms with Crippen LogP contribution in [0.5, 0.6) is 0 Å². The molecule has 6 heteroatoms. The number of benzene rings is 2. The molecule has 0 radical (unpaired) electrons. The summed E-state index contributed by atoms with van der Waals surface area (Å²) in [6, 6.07) is 16.8. The Bertz CT molecular complexity index is 1040. The molecule has 1 saturated carbocycles. The van der Waals surface area contributed by atoms with E-state index in [1.807, 2.05) is 61.9 Å². The Morgan fingerprint density at radius 3 is 2.50 bits per heavy atom. The molecule has 2 aromatic carbocycles. The van der Waals surface area contributed by atoms with Crippen molar-refractivity contribution < 1.29 is 9.18 Å². The van der Waals surface area contributed by atoms with E-state index in [-0.39, 0.29) is 24.3 Å². The molecular weight excluding hydrogens is 379 g/mol. The van der Waals surface area contributed by atoms with Gasteiger partial charge in [-0.05, 0) is 51.8 Å². The van der Waals surface area contributed by atoms with E-state index in [1.54, 1.807) is 12.1 Å². The van der Waals surface area contributed by atoms with E-state index >= 15 is 0 Å². The minimum atomic E-state index is -0.230. The lowest BCUT2D eigenvalue weighted by molar-refractivity contribution is -0.118. The summed E-state index contributed by atoms with van der Waals surface area (Å²) in [5, 5.41) is 7.64. The number of nitrogens with zero attached hydrogens (tertiary/aromatic N) is 3. The van der Waals surface area contributed by atoms with Crippen LogP contribution in [0.4, 0.5) is 10.1 Å². The second kappa shape index (κ2) is 8.40. The Kier molecular flexibility index (Phi) is 5.68. The molecule has 0 saturated heterocycles. The number of anilines is 1. The Hall–Kier alpha value is -2.99. The standard InChI is InChI=1S/C24H27FN4O/c1-16-24(18(3)29(27-16)20-9-5-4-6-10-20)26-23(30)15-28(19-13-14-19)17(2)21-11-7-8-12-22(21)25/h4-12,17,19H,13-15H2,1-3H3,(H,26,30). The van der Waals surface area contributed by atoms with Gasteiger partial charge < -0.3 is 5.32 Å². The second-order valence-electron chi connectivity index (χ2n) is 7.94. The zero-order valence-electron chi connectivity index (χ0n) is 17.6. The van der Waals surface area contributed by atoms with Crippen molar-refractivity contribution in [2.45, 2.75) is 45.7 Å². The summed E-state index contributed by atoms with van der Waals surface area (Å²) in [6.45, 7) is 6.02. The van der Waals surface area contributed by atoms with Crippen LogP contribution in [0.1, 0.15) is 42.8 Å². The van der Waals surface area contributed by atoms with Gasteiger partial charge in [0.05, 0.1) is 29.3 Å². The first-order valence-electron chi connectivity index (χ1n) is 10.4. The highest BCUT2D eigenvalue weighted by atomic mass is 19.1. The highest BCUT2D eigenvalue weighted by Crippen LogP contribution is 2.35. The highest BCUT2D eigenvalue weighted by Gasteiger charge is 2.35. The normalized spacial score (nSPS) is 14.7. The highest BCUT2D eigenvalue weighted by molar-refractivity contribution is 5.93. The average molecular weight is 407 g/mol. The first kappa shape index (κ1) is 20.3. The van der Waals surface area contributed by atoms with Crippen molar-refractivity contribution in [1.82, 2.24) is 14.7 Å². The number of rotatable bonds is 7. The minimum Gasteiger partial charge on any atom is -0.322 e. The summed E-state index contributed by atoms with van der Waals surface area (Å²) in [5.41, 5.74) is 3.96. The van der Waals surface area contributed by atoms with Crippen molar-refractivity contribution in [3.63, 3.8) is 0 Å². The number of amides is 1. The van der Waals surface area contributed by atoms with Crippen molar-refractivity contribution in [1.29, 1.82) is 0 Å². The number of para-hydroxylation sites is 1. The lowest BCUT2D eigenvalue weighted by atomic mass is 10.1. The first-order valence-corrected chi connectivity index (χ1v) is 10.4. The van der Waals surface area contributed by atoms with Gasteiger partial charge in [0.2, 0.25) is 5.91 Å². The molecule has 1 aromatic heterocycles. The number of carbonyl (C=O) groups is 1. The number of halogens is 1. The van der Waals surface area contributed by atoms with E-state index in [0.29, 0.717) is 11.6 Å². The lowest BCUT2D eigenvalue weighted by Crippen LogP contribution is -2.37. The fraction of sp³-hybridized carbons (Fsp3) is 0.333. The number of carbonyl (C=O) groups excluding carboxylic acids is 1. The maximum Gasteiger partial charge on any atom is 0.238 e. The van der Waals surface area contributed by atoms with Crippen LogP contribution in [-0.4, -0.2) is 33.2 Å². The Labute approximate surface area is 176 Å². The van der Waals surface area contributed by atoms with Gasteiger partial charge in [-0.3, -0.25) is 9.69 Å². The van der Waals surface area contributed by atoms with Crippen molar-refractivity contribution in [2.24, 2.45) is 0 Å². The third-order valence-corrected chi connectivity index (χ3v) is 5.75. The molecule has 1 amide bonds. The van der Waals surface area contributed by atoms with Crippen LogP contribution in [0.3, 0.4) is 0 Å². The number of aromatic nitrogens is 2. The van der Waals surface area contributed by atoms with Crippen molar-refractivity contribution in [3.05, 3.63) is 77.4 Å². The van der Waals surface area contributed by atoms with Gasteiger partial charge in [0.1, 0.15) is 5.82 Å². The molecule has 5 nitrogen and oxygen atoms in total. The zero-order valence-corrected chi connectivity index (χ0v) is 17.6. The average Bonchev–Trinajstić information content (AvgIpc) is 3.55. The summed E-state index contributed by atoms with van der Waals surface area (Å²) >= 11 is 0. The molecule has 1 fully saturated rings. The van der Waals surface area contributed by atoms with Gasteiger partial charge in [-0.25, -0.2) is 9.07 Å². The van der Waals surface area contributed by atoms with E-state index in [2.05, 4.69) is 15.3 Å². The summed E-state index contributed by atoms with van der Waals surface area (Å²) < 4.78 is 16.1. The minimum absolute atomic E-state index is 0.107. The molecule has 0 spiro atoms. The van der Waals surface area contributed by atoms with Gasteiger partial charge in [0.15, 0.2) is 0 Å². The summed E-state index contributed by atoms with van der Waals surface area (Å²) in [6.07, 6.45) is 2.08. The molecule has 30 heavy (non-hydrogen) atoms. The van der Waals surface area contributed by atoms with Crippen molar-refractivity contribution >= 4 is 11.6 Å². The molecule has 4 rings (SSSR count). The second-order valence-corrected chi connectivity index (χ2v) is 7.94. The Balaban J connectivity index is 1.51. The van der Waals surface area contributed by atoms with Crippen LogP contribution >= 0.6 is 0 Å². The van der Waals surface area contributed by atoms with E-state index < -0.39 is 0 Å². The lowest BCUT2D eigenvalue weighted by Gasteiger charge is -2.29. The maximum atomic E-state index is 14.3. The molecule has 3 aromatic rings. The number of hydrogen-bond acceptors (Lipinski definition) is 3. The number of aryl methyl sites for hydroxylation is 1. The van der Waals surface area contributed by atoms with Gasteiger partial charge in [-0.1, -0.05) is 36.4 Å². The molecule has 1 unspecified atom stereocenters. The van der Waals surface area contributed by atoms with Crippen LogP contribution < -0.4 is 5.32 Å². The number of hydrogen-bond donors (Lipinski definition) is 1. The Morgan fingerprint density at radius 1 is 1.17 bits per heavy atom. The van der Waals surface area contributed by atoms with Crippen LogP contribution in [0, 0.1) is 19.7 Å². The van der Waals surface area contributed by atoms with E-state index in [1.165, 1.54) is 6.07 Å². The van der Waals surface area contributed by atoms with E-state index in [9.17, 15) is 9.18 Å². The van der Waals surface area contributed by atoms with Crippen molar-refractivity contribution in [2.75, 3.05) is 11.9 Å². The van der Waals surface area contributed by atoms with Crippen LogP contribution in [-0.2, 0) is 4.79 Å². The third-order valence-electron chi connectivity index (χ3n) is 5.75. The van der Waals surface area contributed by atoms with Gasteiger partial charge in [-0.15, -0.1) is 0 Å². The molecule has 0 bridgehead atoms. The molecule has 1 aliphatic carbocycles. The molecule has 1 aliphatic rings. The molecular formula is C24H27FN4O. The fourth-order valence-corrected chi connectivity index (χ4v) is 3.97. The molecule has 1 atom stereocenters. The predicted molar refractivity (Wildman–Crippen MR) is 116 cm³/mol. The summed E-state index contributed by atoms with van der Waals surface area (Å²) in [7, 11) is 0. The third kappa shape index (κ3) is 4.14. The summed E-state index contributed by atoms with van der Waals surface area (Å²) in [5.74, 6) is -0.337. The maximum absolute atomic E-state index is 14.3. The largest absolute Gasteiger partial charge is 0.322 e. The monoisotopic (exact) mass is 406 g/mol. The predicted octanol–water partition coefficient (Wildman–Crippen LogP) is 4.79. The smallest absolute Gasteiger partial charge is 0.238 e. The van der Waals surface area contributed by atoms with Crippen molar-refractivity contribution in [3.8, 4) is 5.69 Å². The molecule has 1 heterocycles. The van der Waals surface area contributed by atoms with Gasteiger partial charge in [-0.2, -0.15) is 5.10 Å². The summed E-state index contributed by atoms with van der Waals surface area (Å²) in [4.78, 5) is 15.0. The Morgan fingerprint density at radius 2 is 1.83 bits per heavy atom. The first-order chi connectivity index (χ1) is 14.5. The van der Waals surface area contributed by atoms with Gasteiger partial charge >= 0.3 is 0 Å².